The molecule has 1 aliphatic rings. The summed E-state index contributed by atoms with van der Waals surface area (Å²) in [5, 5.41) is 0. The van der Waals surface area contributed by atoms with Crippen LogP contribution in [0.25, 0.3) is 6.08 Å². The number of nitrogens with zero attached hydrogens (tertiary/aromatic N) is 2. The van der Waals surface area contributed by atoms with Crippen molar-refractivity contribution in [3.05, 3.63) is 36.2 Å². The van der Waals surface area contributed by atoms with Crippen LogP contribution in [-0.4, -0.2) is 41.6 Å². The summed E-state index contributed by atoms with van der Waals surface area (Å²) in [5.41, 5.74) is 0.932. The molecular formula is C17H24N2O2. The lowest BCUT2D eigenvalue weighted by molar-refractivity contribution is -0.159. The van der Waals surface area contributed by atoms with Crippen LogP contribution in [0, 0.1) is 5.41 Å². The van der Waals surface area contributed by atoms with Crippen molar-refractivity contribution in [2.24, 2.45) is 5.41 Å². The Balaban J connectivity index is 1.96. The van der Waals surface area contributed by atoms with Gasteiger partial charge in [0.15, 0.2) is 0 Å². The fraction of sp³-hybridized carbons (Fsp3) is 0.529. The minimum atomic E-state index is 0.00254. The van der Waals surface area contributed by atoms with E-state index in [9.17, 15) is 4.79 Å². The van der Waals surface area contributed by atoms with E-state index in [0.717, 1.165) is 18.6 Å². The maximum Gasteiger partial charge on any atom is 0.246 e. The number of carbonyl (C=O) groups is 1. The van der Waals surface area contributed by atoms with E-state index in [-0.39, 0.29) is 23.5 Å². The number of ether oxygens (including phenoxy) is 1. The van der Waals surface area contributed by atoms with Gasteiger partial charge >= 0.3 is 0 Å². The van der Waals surface area contributed by atoms with E-state index in [0.29, 0.717) is 0 Å². The van der Waals surface area contributed by atoms with Crippen LogP contribution in [0.15, 0.2) is 30.6 Å². The van der Waals surface area contributed by atoms with Gasteiger partial charge in [0.1, 0.15) is 0 Å². The number of likely N-dealkylation sites (N-methyl/N-ethyl adjacent to an activating group) is 1. The lowest BCUT2D eigenvalue weighted by atomic mass is 9.64. The van der Waals surface area contributed by atoms with Crippen molar-refractivity contribution in [3.63, 3.8) is 0 Å². The van der Waals surface area contributed by atoms with Gasteiger partial charge in [-0.2, -0.15) is 0 Å². The average molecular weight is 288 g/mol. The Kier molecular flexibility index (Phi) is 4.78. The number of pyridine rings is 1. The maximum absolute atomic E-state index is 12.3. The van der Waals surface area contributed by atoms with Crippen molar-refractivity contribution in [1.29, 1.82) is 0 Å². The largest absolute Gasteiger partial charge is 0.378 e. The van der Waals surface area contributed by atoms with E-state index in [1.165, 1.54) is 0 Å². The summed E-state index contributed by atoms with van der Waals surface area (Å²) in [6.45, 7) is 7.06. The number of hydrogen-bond acceptors (Lipinski definition) is 3. The Bertz CT molecular complexity index is 511. The van der Waals surface area contributed by atoms with E-state index in [4.69, 9.17) is 4.74 Å². The summed E-state index contributed by atoms with van der Waals surface area (Å²) >= 11 is 0. The third-order valence-corrected chi connectivity index (χ3v) is 4.41. The van der Waals surface area contributed by atoms with Crippen LogP contribution in [0.5, 0.6) is 0 Å². The molecule has 0 saturated heterocycles. The van der Waals surface area contributed by atoms with Gasteiger partial charge in [-0.05, 0) is 31.1 Å². The molecular weight excluding hydrogens is 264 g/mol. The van der Waals surface area contributed by atoms with Crippen molar-refractivity contribution < 1.29 is 9.53 Å². The second kappa shape index (κ2) is 6.39. The van der Waals surface area contributed by atoms with E-state index in [1.54, 1.807) is 24.5 Å². The minimum absolute atomic E-state index is 0.00254. The summed E-state index contributed by atoms with van der Waals surface area (Å²) in [5.74, 6) is 0.0203. The predicted molar refractivity (Wildman–Crippen MR) is 83.6 cm³/mol. The molecule has 0 bridgehead atoms. The Labute approximate surface area is 126 Å². The van der Waals surface area contributed by atoms with E-state index in [1.807, 2.05) is 31.0 Å². The summed E-state index contributed by atoms with van der Waals surface area (Å²) < 4.78 is 5.72. The molecule has 1 fully saturated rings. The fourth-order valence-corrected chi connectivity index (χ4v) is 2.92. The van der Waals surface area contributed by atoms with Crippen molar-refractivity contribution in [2.45, 2.75) is 39.3 Å². The molecule has 1 amide bonds. The molecule has 114 valence electrons. The highest BCUT2D eigenvalue weighted by Crippen LogP contribution is 2.45. The van der Waals surface area contributed by atoms with Gasteiger partial charge in [0.2, 0.25) is 5.91 Å². The molecule has 0 aromatic carbocycles. The smallest absolute Gasteiger partial charge is 0.246 e. The first-order valence-corrected chi connectivity index (χ1v) is 7.43. The van der Waals surface area contributed by atoms with Gasteiger partial charge < -0.3 is 9.64 Å². The predicted octanol–water partition coefficient (Wildman–Crippen LogP) is 2.76. The molecule has 2 rings (SSSR count). The highest BCUT2D eigenvalue weighted by molar-refractivity contribution is 5.91. The molecule has 4 heteroatoms. The molecule has 0 aliphatic heterocycles. The number of aromatic nitrogens is 1. The zero-order chi connectivity index (χ0) is 15.5. The van der Waals surface area contributed by atoms with Crippen LogP contribution < -0.4 is 0 Å². The van der Waals surface area contributed by atoms with Gasteiger partial charge in [0.25, 0.3) is 0 Å². The highest BCUT2D eigenvalue weighted by atomic mass is 16.5. The number of carbonyl (C=O) groups excluding carboxylic acids is 1. The summed E-state index contributed by atoms with van der Waals surface area (Å²) in [6, 6.07) is 4.00. The molecule has 0 radical (unpaired) electrons. The van der Waals surface area contributed by atoms with Crippen LogP contribution in [0.3, 0.4) is 0 Å². The van der Waals surface area contributed by atoms with Crippen LogP contribution in [0.4, 0.5) is 0 Å². The Morgan fingerprint density at radius 2 is 2.33 bits per heavy atom. The summed E-state index contributed by atoms with van der Waals surface area (Å²) in [4.78, 5) is 18.1. The second-order valence-corrected chi connectivity index (χ2v) is 6.09. The molecule has 1 aliphatic carbocycles. The first-order valence-electron chi connectivity index (χ1n) is 7.43. The Morgan fingerprint density at radius 1 is 1.57 bits per heavy atom. The fourth-order valence-electron chi connectivity index (χ4n) is 2.92. The molecule has 0 spiro atoms. The Morgan fingerprint density at radius 3 is 2.90 bits per heavy atom. The number of rotatable bonds is 5. The summed E-state index contributed by atoms with van der Waals surface area (Å²) in [6.07, 6.45) is 8.02. The van der Waals surface area contributed by atoms with Crippen LogP contribution in [-0.2, 0) is 9.53 Å². The molecule has 0 N–H and O–H groups in total. The van der Waals surface area contributed by atoms with Gasteiger partial charge in [-0.25, -0.2) is 0 Å². The van der Waals surface area contributed by atoms with Crippen molar-refractivity contribution in [1.82, 2.24) is 9.88 Å². The van der Waals surface area contributed by atoms with Gasteiger partial charge in [-0.15, -0.1) is 0 Å². The van der Waals surface area contributed by atoms with Gasteiger partial charge in [-0.3, -0.25) is 9.78 Å². The number of amides is 1. The number of hydrogen-bond donors (Lipinski definition) is 0. The van der Waals surface area contributed by atoms with Crippen LogP contribution >= 0.6 is 0 Å². The lowest BCUT2D eigenvalue weighted by Crippen LogP contribution is -2.62. The minimum Gasteiger partial charge on any atom is -0.378 e. The molecule has 2 atom stereocenters. The molecule has 0 unspecified atom stereocenters. The maximum atomic E-state index is 12.3. The SMILES string of the molecule is CCO[C@@H]1C[C@@H](N(C)C(=O)/C=C/c2cccnc2)C1(C)C. The van der Waals surface area contributed by atoms with Gasteiger partial charge in [0.05, 0.1) is 6.10 Å². The quantitative estimate of drug-likeness (QED) is 0.782. The third-order valence-electron chi connectivity index (χ3n) is 4.41. The van der Waals surface area contributed by atoms with E-state index >= 15 is 0 Å². The molecule has 1 heterocycles. The third kappa shape index (κ3) is 3.32. The molecule has 1 aromatic rings. The van der Waals surface area contributed by atoms with E-state index < -0.39 is 0 Å². The summed E-state index contributed by atoms with van der Waals surface area (Å²) in [7, 11) is 1.87. The van der Waals surface area contributed by atoms with Crippen molar-refractivity contribution in [2.75, 3.05) is 13.7 Å². The van der Waals surface area contributed by atoms with E-state index in [2.05, 4.69) is 18.8 Å². The monoisotopic (exact) mass is 288 g/mol. The second-order valence-electron chi connectivity index (χ2n) is 6.09. The zero-order valence-electron chi connectivity index (χ0n) is 13.2. The van der Waals surface area contributed by atoms with Crippen LogP contribution in [0.1, 0.15) is 32.8 Å². The average Bonchev–Trinajstić information content (AvgIpc) is 2.49. The Hall–Kier alpha value is -1.68. The van der Waals surface area contributed by atoms with Gasteiger partial charge in [-0.1, -0.05) is 19.9 Å². The first-order chi connectivity index (χ1) is 9.96. The molecule has 1 aromatic heterocycles. The molecule has 4 nitrogen and oxygen atoms in total. The lowest BCUT2D eigenvalue weighted by Gasteiger charge is -2.54. The standard InChI is InChI=1S/C17H24N2O2/c1-5-21-15-11-14(17(15,2)3)19(4)16(20)9-8-13-7-6-10-18-12-13/h6-10,12,14-15H,5,11H2,1-4H3/b9-8+/t14-,15-/m1/s1. The normalized spacial score (nSPS) is 23.8. The first kappa shape index (κ1) is 15.7. The topological polar surface area (TPSA) is 42.4 Å². The zero-order valence-corrected chi connectivity index (χ0v) is 13.2. The van der Waals surface area contributed by atoms with Gasteiger partial charge in [0, 0.05) is 43.6 Å². The highest BCUT2D eigenvalue weighted by Gasteiger charge is 2.51. The van der Waals surface area contributed by atoms with Crippen molar-refractivity contribution in [3.8, 4) is 0 Å². The van der Waals surface area contributed by atoms with Crippen molar-refractivity contribution >= 4 is 12.0 Å². The molecule has 21 heavy (non-hydrogen) atoms. The van der Waals surface area contributed by atoms with Crippen LogP contribution in [0.2, 0.25) is 0 Å². The molecule has 1 saturated carbocycles.